The van der Waals surface area contributed by atoms with Gasteiger partial charge in [0, 0.05) is 22.7 Å². The summed E-state index contributed by atoms with van der Waals surface area (Å²) in [4.78, 5) is 0. The fourth-order valence-electron chi connectivity index (χ4n) is 8.18. The molecule has 0 unspecified atom stereocenters. The van der Waals surface area contributed by atoms with Crippen molar-refractivity contribution < 1.29 is 0 Å². The van der Waals surface area contributed by atoms with Gasteiger partial charge in [-0.05, 0) is 68.8 Å². The zero-order valence-corrected chi connectivity index (χ0v) is 25.3. The first-order chi connectivity index (χ1) is 22.8. The van der Waals surface area contributed by atoms with Crippen LogP contribution >= 0.6 is 0 Å². The van der Waals surface area contributed by atoms with Gasteiger partial charge in [-0.2, -0.15) is 0 Å². The van der Waals surface area contributed by atoms with Gasteiger partial charge in [-0.3, -0.25) is 0 Å². The van der Waals surface area contributed by atoms with E-state index < -0.39 is 10.8 Å². The van der Waals surface area contributed by atoms with Gasteiger partial charge in [0.25, 0.3) is 0 Å². The molecule has 0 atom stereocenters. The molecular weight excluding hydrogens is 556 g/mol. The van der Waals surface area contributed by atoms with Gasteiger partial charge in [0.1, 0.15) is 0 Å². The van der Waals surface area contributed by atoms with Crippen LogP contribution in [-0.2, 0) is 10.8 Å². The van der Waals surface area contributed by atoms with Crippen molar-refractivity contribution in [3.63, 3.8) is 0 Å². The summed E-state index contributed by atoms with van der Waals surface area (Å²) < 4.78 is 0. The van der Waals surface area contributed by atoms with Crippen LogP contribution in [0.1, 0.15) is 44.5 Å². The maximum atomic E-state index is 3.92. The van der Waals surface area contributed by atoms with E-state index in [4.69, 9.17) is 0 Å². The lowest BCUT2D eigenvalue weighted by molar-refractivity contribution is 0.722. The molecule has 0 spiro atoms. The average molecular weight is 589 g/mol. The number of anilines is 4. The highest BCUT2D eigenvalue weighted by Crippen LogP contribution is 2.59. The van der Waals surface area contributed by atoms with Gasteiger partial charge in [-0.25, -0.2) is 0 Å². The summed E-state index contributed by atoms with van der Waals surface area (Å²) in [7, 11) is 0. The topological polar surface area (TPSA) is 24.1 Å². The Bertz CT molecular complexity index is 1950. The molecule has 0 amide bonds. The zero-order valence-electron chi connectivity index (χ0n) is 25.3. The highest BCUT2D eigenvalue weighted by Gasteiger charge is 2.48. The fourth-order valence-corrected chi connectivity index (χ4v) is 8.18. The van der Waals surface area contributed by atoms with E-state index in [9.17, 15) is 0 Å². The molecule has 2 heterocycles. The molecule has 2 nitrogen and oxygen atoms in total. The summed E-state index contributed by atoms with van der Waals surface area (Å²) in [6.07, 6.45) is 0. The monoisotopic (exact) mass is 588 g/mol. The van der Waals surface area contributed by atoms with Crippen LogP contribution in [-0.4, -0.2) is 0 Å². The zero-order chi connectivity index (χ0) is 30.6. The molecule has 7 aromatic carbocycles. The van der Waals surface area contributed by atoms with Gasteiger partial charge in [0.15, 0.2) is 0 Å². The van der Waals surface area contributed by atoms with Crippen LogP contribution in [0, 0.1) is 0 Å². The van der Waals surface area contributed by atoms with Crippen LogP contribution in [0.25, 0.3) is 0 Å². The van der Waals surface area contributed by atoms with Crippen LogP contribution in [0.3, 0.4) is 0 Å². The molecule has 0 fully saturated rings. The maximum Gasteiger partial charge on any atom is 0.0742 e. The van der Waals surface area contributed by atoms with Gasteiger partial charge in [-0.15, -0.1) is 0 Å². The van der Waals surface area contributed by atoms with E-state index in [-0.39, 0.29) is 0 Å². The highest BCUT2D eigenvalue weighted by molar-refractivity contribution is 5.89. The van der Waals surface area contributed by atoms with Gasteiger partial charge >= 0.3 is 0 Å². The van der Waals surface area contributed by atoms with Gasteiger partial charge in [0.2, 0.25) is 0 Å². The molecule has 9 rings (SSSR count). The van der Waals surface area contributed by atoms with Gasteiger partial charge < -0.3 is 10.6 Å². The summed E-state index contributed by atoms with van der Waals surface area (Å²) in [5.74, 6) is 0. The quantitative estimate of drug-likeness (QED) is 0.214. The third-order valence-electron chi connectivity index (χ3n) is 9.99. The van der Waals surface area contributed by atoms with E-state index in [0.29, 0.717) is 0 Å². The second-order valence-corrected chi connectivity index (χ2v) is 12.2. The Morgan fingerprint density at radius 3 is 0.870 bits per heavy atom. The normalized spacial score (nSPS) is 14.8. The average Bonchev–Trinajstić information content (AvgIpc) is 3.14. The van der Waals surface area contributed by atoms with Crippen molar-refractivity contribution in [3.05, 3.63) is 226 Å². The molecular formula is C44H32N2. The number of benzene rings is 7. The summed E-state index contributed by atoms with van der Waals surface area (Å²) in [6.45, 7) is 0. The number of rotatable bonds is 4. The van der Waals surface area contributed by atoms with Crippen LogP contribution in [0.15, 0.2) is 182 Å². The van der Waals surface area contributed by atoms with Crippen molar-refractivity contribution in [1.82, 2.24) is 0 Å². The van der Waals surface area contributed by atoms with Gasteiger partial charge in [-0.1, -0.05) is 158 Å². The lowest BCUT2D eigenvalue weighted by Gasteiger charge is -2.46. The van der Waals surface area contributed by atoms with Crippen molar-refractivity contribution in [2.24, 2.45) is 0 Å². The second kappa shape index (κ2) is 10.4. The minimum Gasteiger partial charge on any atom is -0.355 e. The highest BCUT2D eigenvalue weighted by atomic mass is 14.9. The molecule has 2 N–H and O–H groups in total. The lowest BCUT2D eigenvalue weighted by Crippen LogP contribution is -2.38. The van der Waals surface area contributed by atoms with Crippen LogP contribution < -0.4 is 10.6 Å². The molecule has 0 saturated heterocycles. The number of nitrogens with one attached hydrogen (secondary N) is 2. The minimum atomic E-state index is -0.532. The number of fused-ring (bicyclic) bond motifs is 4. The molecule has 0 aliphatic carbocycles. The Hall–Kier alpha value is -5.86. The predicted octanol–water partition coefficient (Wildman–Crippen LogP) is 10.6. The molecule has 2 aliphatic heterocycles. The number of para-hydroxylation sites is 2. The Balaban J connectivity index is 1.43. The van der Waals surface area contributed by atoms with Crippen LogP contribution in [0.4, 0.5) is 22.7 Å². The number of hydrogen-bond acceptors (Lipinski definition) is 2. The summed E-state index contributed by atoms with van der Waals surface area (Å²) in [6, 6.07) is 66.3. The van der Waals surface area contributed by atoms with Crippen LogP contribution in [0.2, 0.25) is 0 Å². The van der Waals surface area contributed by atoms with E-state index in [2.05, 4.69) is 193 Å². The third kappa shape index (κ3) is 3.64. The molecule has 46 heavy (non-hydrogen) atoms. The standard InChI is InChI=1S/C44H32N2/c1-5-17-31(18-6-1)43(32-19-7-2-8-20-32)35-25-13-15-27-39(35)45-41-30-38-42(29-37(41)43)46-40-28-16-14-26-36(40)44(38,33-21-9-3-10-22-33)34-23-11-4-12-24-34/h1-30,45-46H. The third-order valence-corrected chi connectivity index (χ3v) is 9.99. The minimum absolute atomic E-state index is 0.532. The van der Waals surface area contributed by atoms with Crippen LogP contribution in [0.5, 0.6) is 0 Å². The van der Waals surface area contributed by atoms with Gasteiger partial charge in [0.05, 0.1) is 10.8 Å². The largest absolute Gasteiger partial charge is 0.355 e. The SMILES string of the molecule is c1ccc(C2(c3ccccc3)c3ccccc3Nc3cc4c(cc32)Nc2ccccc2C4(c2ccccc2)c2ccccc2)cc1. The summed E-state index contributed by atoms with van der Waals surface area (Å²) >= 11 is 0. The second-order valence-electron chi connectivity index (χ2n) is 12.2. The molecule has 0 bridgehead atoms. The predicted molar refractivity (Wildman–Crippen MR) is 190 cm³/mol. The van der Waals surface area contributed by atoms with E-state index in [0.717, 1.165) is 22.7 Å². The van der Waals surface area contributed by atoms with Crippen molar-refractivity contribution >= 4 is 22.7 Å². The molecule has 2 aliphatic rings. The summed E-state index contributed by atoms with van der Waals surface area (Å²) in [5, 5.41) is 7.84. The lowest BCUT2D eigenvalue weighted by atomic mass is 9.59. The molecule has 0 aromatic heterocycles. The molecule has 7 aromatic rings. The smallest absolute Gasteiger partial charge is 0.0742 e. The molecule has 0 radical (unpaired) electrons. The maximum absolute atomic E-state index is 3.92. The van der Waals surface area contributed by atoms with Crippen molar-refractivity contribution in [3.8, 4) is 0 Å². The Morgan fingerprint density at radius 2 is 0.543 bits per heavy atom. The Kier molecular flexibility index (Phi) is 5.97. The molecule has 2 heteroatoms. The first-order valence-corrected chi connectivity index (χ1v) is 16.0. The molecule has 218 valence electrons. The fraction of sp³-hybridized carbons (Fsp3) is 0.0455. The van der Waals surface area contributed by atoms with Crippen molar-refractivity contribution in [1.29, 1.82) is 0 Å². The number of hydrogen-bond donors (Lipinski definition) is 2. The van der Waals surface area contributed by atoms with Crippen molar-refractivity contribution in [2.75, 3.05) is 10.6 Å². The first-order valence-electron chi connectivity index (χ1n) is 16.0. The Labute approximate surface area is 270 Å². The van der Waals surface area contributed by atoms with E-state index in [1.165, 1.54) is 44.5 Å². The van der Waals surface area contributed by atoms with E-state index in [1.54, 1.807) is 0 Å². The van der Waals surface area contributed by atoms with E-state index >= 15 is 0 Å². The van der Waals surface area contributed by atoms with Crippen molar-refractivity contribution in [2.45, 2.75) is 10.8 Å². The Morgan fingerprint density at radius 1 is 0.261 bits per heavy atom. The molecule has 0 saturated carbocycles. The van der Waals surface area contributed by atoms with E-state index in [1.807, 2.05) is 0 Å². The summed E-state index contributed by atoms with van der Waals surface area (Å²) in [5.41, 5.74) is 13.3. The first kappa shape index (κ1) is 26.5.